The number of nitrogens with one attached hydrogen (secondary N) is 1. The molecule has 7 nitrogen and oxygen atoms in total. The Morgan fingerprint density at radius 1 is 1.42 bits per heavy atom. The summed E-state index contributed by atoms with van der Waals surface area (Å²) in [4.78, 5) is 21.2. The minimum Gasteiger partial charge on any atom is -0.493 e. The zero-order chi connectivity index (χ0) is 14.4. The van der Waals surface area contributed by atoms with E-state index in [1.807, 2.05) is 5.43 Å². The SMILES string of the molecule is Cc1cc([N+](=O)[O-])c(C)cc1OCCCC(=O)NN. The van der Waals surface area contributed by atoms with Crippen LogP contribution in [0.3, 0.4) is 0 Å². The van der Waals surface area contributed by atoms with Gasteiger partial charge in [0, 0.05) is 18.1 Å². The van der Waals surface area contributed by atoms with E-state index in [0.29, 0.717) is 29.9 Å². The predicted molar refractivity (Wildman–Crippen MR) is 69.6 cm³/mol. The van der Waals surface area contributed by atoms with Gasteiger partial charge in [0.15, 0.2) is 0 Å². The number of carbonyl (C=O) groups is 1. The summed E-state index contributed by atoms with van der Waals surface area (Å²) in [5.74, 6) is 5.29. The second-order valence-corrected chi connectivity index (χ2v) is 4.18. The number of nitro groups is 1. The van der Waals surface area contributed by atoms with Crippen molar-refractivity contribution in [1.29, 1.82) is 0 Å². The molecule has 3 N–H and O–H groups in total. The van der Waals surface area contributed by atoms with E-state index in [1.165, 1.54) is 6.07 Å². The molecule has 1 aromatic carbocycles. The third-order valence-electron chi connectivity index (χ3n) is 2.66. The summed E-state index contributed by atoms with van der Waals surface area (Å²) >= 11 is 0. The zero-order valence-corrected chi connectivity index (χ0v) is 10.9. The molecule has 0 aliphatic carbocycles. The number of ether oxygens (including phenoxy) is 1. The van der Waals surface area contributed by atoms with Gasteiger partial charge in [-0.05, 0) is 31.9 Å². The molecule has 0 aliphatic rings. The van der Waals surface area contributed by atoms with E-state index < -0.39 is 4.92 Å². The number of benzene rings is 1. The number of rotatable bonds is 6. The van der Waals surface area contributed by atoms with Crippen LogP contribution in [0.25, 0.3) is 0 Å². The highest BCUT2D eigenvalue weighted by Gasteiger charge is 2.13. The molecule has 0 aromatic heterocycles. The van der Waals surface area contributed by atoms with Gasteiger partial charge in [0.1, 0.15) is 5.75 Å². The summed E-state index contributed by atoms with van der Waals surface area (Å²) in [5.41, 5.74) is 3.35. The lowest BCUT2D eigenvalue weighted by Crippen LogP contribution is -2.29. The van der Waals surface area contributed by atoms with Crippen molar-refractivity contribution in [2.24, 2.45) is 5.84 Å². The van der Waals surface area contributed by atoms with Crippen molar-refractivity contribution in [3.05, 3.63) is 33.4 Å². The molecule has 104 valence electrons. The van der Waals surface area contributed by atoms with Crippen LogP contribution in [0.15, 0.2) is 12.1 Å². The van der Waals surface area contributed by atoms with E-state index >= 15 is 0 Å². The van der Waals surface area contributed by atoms with Gasteiger partial charge in [-0.15, -0.1) is 0 Å². The minimum absolute atomic E-state index is 0.0763. The number of hydrogen-bond donors (Lipinski definition) is 2. The molecule has 0 aliphatic heterocycles. The predicted octanol–water partition coefficient (Wildman–Crippen LogP) is 1.36. The lowest BCUT2D eigenvalue weighted by atomic mass is 10.1. The Balaban J connectivity index is 2.62. The van der Waals surface area contributed by atoms with Crippen molar-refractivity contribution in [3.63, 3.8) is 0 Å². The van der Waals surface area contributed by atoms with Gasteiger partial charge in [-0.3, -0.25) is 20.3 Å². The maximum absolute atomic E-state index is 10.9. The van der Waals surface area contributed by atoms with Gasteiger partial charge in [0.25, 0.3) is 5.69 Å². The summed E-state index contributed by atoms with van der Waals surface area (Å²) in [5, 5.41) is 10.8. The normalized spacial score (nSPS) is 10.1. The van der Waals surface area contributed by atoms with Crippen molar-refractivity contribution >= 4 is 11.6 Å². The Bertz CT molecular complexity index is 488. The molecule has 0 saturated carbocycles. The lowest BCUT2D eigenvalue weighted by molar-refractivity contribution is -0.385. The maximum atomic E-state index is 10.9. The zero-order valence-electron chi connectivity index (χ0n) is 10.9. The molecule has 0 heterocycles. The van der Waals surface area contributed by atoms with Crippen LogP contribution < -0.4 is 16.0 Å². The van der Waals surface area contributed by atoms with Gasteiger partial charge in [0.05, 0.1) is 11.5 Å². The third kappa shape index (κ3) is 4.22. The Kier molecular flexibility index (Phi) is 5.25. The monoisotopic (exact) mass is 267 g/mol. The number of hydrazine groups is 1. The molecule has 19 heavy (non-hydrogen) atoms. The molecule has 7 heteroatoms. The first-order chi connectivity index (χ1) is 8.95. The first-order valence-corrected chi connectivity index (χ1v) is 5.83. The fourth-order valence-corrected chi connectivity index (χ4v) is 1.61. The molecule has 0 saturated heterocycles. The third-order valence-corrected chi connectivity index (χ3v) is 2.66. The standard InChI is InChI=1S/C12H17N3O4/c1-8-7-11(9(2)6-10(8)15(17)18)19-5-3-4-12(16)14-13/h6-7H,3-5,13H2,1-2H3,(H,14,16). The van der Waals surface area contributed by atoms with Crippen molar-refractivity contribution in [2.75, 3.05) is 6.61 Å². The highest BCUT2D eigenvalue weighted by molar-refractivity contribution is 5.75. The van der Waals surface area contributed by atoms with Crippen molar-refractivity contribution in [3.8, 4) is 5.75 Å². The van der Waals surface area contributed by atoms with Crippen molar-refractivity contribution in [1.82, 2.24) is 5.43 Å². The van der Waals surface area contributed by atoms with Crippen LogP contribution in [0.4, 0.5) is 5.69 Å². The Morgan fingerprint density at radius 2 is 2.11 bits per heavy atom. The second kappa shape index (κ2) is 6.69. The van der Waals surface area contributed by atoms with E-state index in [4.69, 9.17) is 10.6 Å². The first kappa shape index (κ1) is 14.9. The number of nitrogens with two attached hydrogens (primary N) is 1. The Morgan fingerprint density at radius 3 is 2.68 bits per heavy atom. The van der Waals surface area contributed by atoms with Gasteiger partial charge in [0.2, 0.25) is 5.91 Å². The number of aryl methyl sites for hydroxylation is 2. The molecular weight excluding hydrogens is 250 g/mol. The minimum atomic E-state index is -0.419. The van der Waals surface area contributed by atoms with Crippen LogP contribution in [0.1, 0.15) is 24.0 Å². The number of hydrogen-bond acceptors (Lipinski definition) is 5. The summed E-state index contributed by atoms with van der Waals surface area (Å²) in [6.07, 6.45) is 0.806. The van der Waals surface area contributed by atoms with E-state index in [-0.39, 0.29) is 18.0 Å². The lowest BCUT2D eigenvalue weighted by Gasteiger charge is -2.10. The van der Waals surface area contributed by atoms with Crippen LogP contribution in [0, 0.1) is 24.0 Å². The number of amides is 1. The fraction of sp³-hybridized carbons (Fsp3) is 0.417. The van der Waals surface area contributed by atoms with Gasteiger partial charge in [-0.2, -0.15) is 0 Å². The van der Waals surface area contributed by atoms with Crippen LogP contribution in [0.2, 0.25) is 0 Å². The number of nitrogens with zero attached hydrogens (tertiary/aromatic N) is 1. The molecule has 1 amide bonds. The van der Waals surface area contributed by atoms with E-state index in [0.717, 1.165) is 0 Å². The summed E-state index contributed by atoms with van der Waals surface area (Å²) in [7, 11) is 0. The van der Waals surface area contributed by atoms with Gasteiger partial charge >= 0.3 is 0 Å². The average Bonchev–Trinajstić information content (AvgIpc) is 2.37. The summed E-state index contributed by atoms with van der Waals surface area (Å²) < 4.78 is 5.50. The quantitative estimate of drug-likeness (QED) is 0.266. The second-order valence-electron chi connectivity index (χ2n) is 4.18. The van der Waals surface area contributed by atoms with Crippen LogP contribution in [-0.4, -0.2) is 17.4 Å². The average molecular weight is 267 g/mol. The highest BCUT2D eigenvalue weighted by Crippen LogP contribution is 2.27. The van der Waals surface area contributed by atoms with Crippen LogP contribution >= 0.6 is 0 Å². The van der Waals surface area contributed by atoms with E-state index in [1.54, 1.807) is 19.9 Å². The van der Waals surface area contributed by atoms with Gasteiger partial charge < -0.3 is 4.74 Å². The van der Waals surface area contributed by atoms with Crippen LogP contribution in [-0.2, 0) is 4.79 Å². The van der Waals surface area contributed by atoms with Crippen LogP contribution in [0.5, 0.6) is 5.75 Å². The first-order valence-electron chi connectivity index (χ1n) is 5.83. The topological polar surface area (TPSA) is 107 Å². The smallest absolute Gasteiger partial charge is 0.272 e. The molecule has 0 atom stereocenters. The molecule has 0 spiro atoms. The van der Waals surface area contributed by atoms with Gasteiger partial charge in [-0.25, -0.2) is 5.84 Å². The fourth-order valence-electron chi connectivity index (χ4n) is 1.61. The Labute approximate surface area is 110 Å². The Hall–Kier alpha value is -2.15. The molecule has 0 radical (unpaired) electrons. The number of nitro benzene ring substituents is 1. The molecule has 1 aromatic rings. The largest absolute Gasteiger partial charge is 0.493 e. The maximum Gasteiger partial charge on any atom is 0.272 e. The summed E-state index contributed by atoms with van der Waals surface area (Å²) in [6, 6.07) is 3.12. The van der Waals surface area contributed by atoms with Crippen molar-refractivity contribution in [2.45, 2.75) is 26.7 Å². The number of carbonyl (C=O) groups excluding carboxylic acids is 1. The summed E-state index contributed by atoms with van der Waals surface area (Å²) in [6.45, 7) is 3.76. The van der Waals surface area contributed by atoms with E-state index in [2.05, 4.69) is 0 Å². The van der Waals surface area contributed by atoms with E-state index in [9.17, 15) is 14.9 Å². The molecule has 0 unspecified atom stereocenters. The van der Waals surface area contributed by atoms with Gasteiger partial charge in [-0.1, -0.05) is 0 Å². The highest BCUT2D eigenvalue weighted by atomic mass is 16.6. The molecule has 0 fully saturated rings. The molecule has 0 bridgehead atoms. The molecular formula is C12H17N3O4. The molecule has 1 rings (SSSR count). The van der Waals surface area contributed by atoms with Crippen molar-refractivity contribution < 1.29 is 14.5 Å².